The van der Waals surface area contributed by atoms with Crippen LogP contribution < -0.4 is 10.1 Å². The molecule has 3 aromatic heterocycles. The quantitative estimate of drug-likeness (QED) is 0.446. The number of hydrogen-bond acceptors (Lipinski definition) is 5. The first-order valence-electron chi connectivity index (χ1n) is 9.45. The van der Waals surface area contributed by atoms with Gasteiger partial charge >= 0.3 is 0 Å². The van der Waals surface area contributed by atoms with E-state index in [-0.39, 0.29) is 11.7 Å². The summed E-state index contributed by atoms with van der Waals surface area (Å²) in [7, 11) is 1.43. The Morgan fingerprint density at radius 2 is 2.06 bits per heavy atom. The molecule has 1 N–H and O–H groups in total. The molecular weight excluding hydrogens is 415 g/mol. The van der Waals surface area contributed by atoms with Crippen molar-refractivity contribution in [2.75, 3.05) is 12.4 Å². The summed E-state index contributed by atoms with van der Waals surface area (Å²) < 4.78 is 20.6. The Morgan fingerprint density at radius 3 is 2.84 bits per heavy atom. The maximum absolute atomic E-state index is 13.8. The summed E-state index contributed by atoms with van der Waals surface area (Å²) in [5.74, 6) is -0.462. The number of benzene rings is 1. The minimum atomic E-state index is -0.425. The molecule has 0 spiro atoms. The molecule has 3 heterocycles. The van der Waals surface area contributed by atoms with E-state index in [0.29, 0.717) is 28.6 Å². The van der Waals surface area contributed by atoms with Crippen molar-refractivity contribution in [2.45, 2.75) is 6.54 Å². The lowest BCUT2D eigenvalue weighted by Gasteiger charge is -2.08. The number of nitrogens with zero attached hydrogens (tertiary/aromatic N) is 3. The molecule has 0 atom stereocenters. The van der Waals surface area contributed by atoms with E-state index in [2.05, 4.69) is 15.3 Å². The maximum Gasteiger partial charge on any atom is 0.274 e. The fourth-order valence-electron chi connectivity index (χ4n) is 2.99. The van der Waals surface area contributed by atoms with Gasteiger partial charge < -0.3 is 9.30 Å². The largest absolute Gasteiger partial charge is 0.494 e. The van der Waals surface area contributed by atoms with Crippen molar-refractivity contribution in [3.05, 3.63) is 94.8 Å². The maximum atomic E-state index is 13.8. The number of hydrogen-bond donors (Lipinski definition) is 1. The Hall–Kier alpha value is -3.78. The molecule has 0 aliphatic heterocycles. The first-order chi connectivity index (χ1) is 15.1. The van der Waals surface area contributed by atoms with Crippen LogP contribution in [-0.4, -0.2) is 27.6 Å². The van der Waals surface area contributed by atoms with Gasteiger partial charge in [0.05, 0.1) is 12.8 Å². The molecule has 4 aromatic rings. The van der Waals surface area contributed by atoms with Gasteiger partial charge in [0.15, 0.2) is 16.7 Å². The van der Waals surface area contributed by atoms with Crippen molar-refractivity contribution in [2.24, 2.45) is 0 Å². The highest BCUT2D eigenvalue weighted by Crippen LogP contribution is 2.21. The first kappa shape index (κ1) is 20.5. The third kappa shape index (κ3) is 5.04. The predicted octanol–water partition coefficient (Wildman–Crippen LogP) is 4.96. The molecule has 4 rings (SSSR count). The summed E-state index contributed by atoms with van der Waals surface area (Å²) in [4.78, 5) is 21.1. The third-order valence-electron chi connectivity index (χ3n) is 4.53. The van der Waals surface area contributed by atoms with Crippen molar-refractivity contribution in [1.82, 2.24) is 14.5 Å². The number of amides is 1. The molecule has 31 heavy (non-hydrogen) atoms. The lowest BCUT2D eigenvalue weighted by Crippen LogP contribution is -2.17. The zero-order valence-corrected chi connectivity index (χ0v) is 17.5. The van der Waals surface area contributed by atoms with Crippen LogP contribution in [0.1, 0.15) is 27.3 Å². The monoisotopic (exact) mass is 434 g/mol. The van der Waals surface area contributed by atoms with Crippen molar-refractivity contribution in [1.29, 1.82) is 0 Å². The van der Waals surface area contributed by atoms with Crippen LogP contribution in [-0.2, 0) is 6.54 Å². The van der Waals surface area contributed by atoms with Crippen molar-refractivity contribution in [3.8, 4) is 5.75 Å². The summed E-state index contributed by atoms with van der Waals surface area (Å²) in [6.45, 7) is 0.572. The highest BCUT2D eigenvalue weighted by Gasteiger charge is 2.13. The molecule has 0 unspecified atom stereocenters. The number of carbonyl (C=O) groups is 1. The number of rotatable bonds is 7. The Balaban J connectivity index is 1.42. The number of carbonyl (C=O) groups excluding carboxylic acids is 1. The summed E-state index contributed by atoms with van der Waals surface area (Å²) >= 11 is 1.32. The molecule has 0 aliphatic carbocycles. The average molecular weight is 434 g/mol. The molecule has 156 valence electrons. The van der Waals surface area contributed by atoms with Crippen LogP contribution in [0, 0.1) is 5.82 Å². The van der Waals surface area contributed by atoms with Gasteiger partial charge in [-0.05, 0) is 53.6 Å². The predicted molar refractivity (Wildman–Crippen MR) is 120 cm³/mol. The summed E-state index contributed by atoms with van der Waals surface area (Å²) in [6.07, 6.45) is 8.83. The molecule has 0 radical (unpaired) electrons. The average Bonchev–Trinajstić information content (AvgIpc) is 3.42. The summed E-state index contributed by atoms with van der Waals surface area (Å²) in [5.41, 5.74) is 2.95. The van der Waals surface area contributed by atoms with Crippen molar-refractivity contribution in [3.63, 3.8) is 0 Å². The lowest BCUT2D eigenvalue weighted by atomic mass is 10.2. The number of pyridine rings is 1. The van der Waals surface area contributed by atoms with Gasteiger partial charge in [0.2, 0.25) is 0 Å². The fourth-order valence-corrected chi connectivity index (χ4v) is 3.67. The number of ether oxygens (including phenoxy) is 1. The van der Waals surface area contributed by atoms with Crippen molar-refractivity contribution >= 4 is 34.5 Å². The third-order valence-corrected chi connectivity index (χ3v) is 5.31. The van der Waals surface area contributed by atoms with Crippen LogP contribution in [0.3, 0.4) is 0 Å². The van der Waals surface area contributed by atoms with E-state index in [1.165, 1.54) is 24.5 Å². The van der Waals surface area contributed by atoms with E-state index < -0.39 is 5.82 Å². The second-order valence-corrected chi connectivity index (χ2v) is 7.49. The van der Waals surface area contributed by atoms with E-state index in [1.54, 1.807) is 42.7 Å². The molecule has 6 nitrogen and oxygen atoms in total. The normalized spacial score (nSPS) is 11.0. The molecule has 0 saturated heterocycles. The Kier molecular flexibility index (Phi) is 6.18. The van der Waals surface area contributed by atoms with Crippen molar-refractivity contribution < 1.29 is 13.9 Å². The number of halogens is 1. The minimum absolute atomic E-state index is 0.199. The molecule has 0 aliphatic rings. The van der Waals surface area contributed by atoms with E-state index in [9.17, 15) is 9.18 Å². The van der Waals surface area contributed by atoms with Crippen LogP contribution in [0.25, 0.3) is 12.2 Å². The van der Waals surface area contributed by atoms with E-state index in [1.807, 2.05) is 34.3 Å². The molecule has 0 saturated carbocycles. The second-order valence-electron chi connectivity index (χ2n) is 6.64. The number of anilines is 1. The molecule has 0 bridgehead atoms. The van der Waals surface area contributed by atoms with Crippen LogP contribution in [0.15, 0.2) is 66.4 Å². The topological polar surface area (TPSA) is 69.0 Å². The van der Waals surface area contributed by atoms with Gasteiger partial charge in [-0.25, -0.2) is 9.37 Å². The van der Waals surface area contributed by atoms with Gasteiger partial charge in [0, 0.05) is 30.5 Å². The van der Waals surface area contributed by atoms with Gasteiger partial charge in [0.25, 0.3) is 5.91 Å². The number of aromatic nitrogens is 3. The number of thiazole rings is 1. The second kappa shape index (κ2) is 9.36. The smallest absolute Gasteiger partial charge is 0.274 e. The van der Waals surface area contributed by atoms with Gasteiger partial charge in [-0.1, -0.05) is 12.1 Å². The number of methoxy groups -OCH3 is 1. The van der Waals surface area contributed by atoms with Gasteiger partial charge in [0.1, 0.15) is 5.69 Å². The van der Waals surface area contributed by atoms with E-state index >= 15 is 0 Å². The minimum Gasteiger partial charge on any atom is -0.494 e. The Labute approximate surface area is 182 Å². The zero-order valence-electron chi connectivity index (χ0n) is 16.7. The van der Waals surface area contributed by atoms with Crippen LogP contribution in [0.5, 0.6) is 5.75 Å². The highest BCUT2D eigenvalue weighted by molar-refractivity contribution is 7.14. The summed E-state index contributed by atoms with van der Waals surface area (Å²) in [5, 5.41) is 5.15. The molecular formula is C23H19FN4O2S. The zero-order chi connectivity index (χ0) is 21.6. The standard InChI is InChI=1S/C23H19FN4O2S/c1-30-21-7-5-16(13-19(21)24)4-6-18-15-31-23(26-18)27-22(29)20-3-2-12-28(20)14-17-8-10-25-11-9-17/h2-13,15H,14H2,1H3,(H,26,27,29)/b6-4+. The fraction of sp³-hybridized carbons (Fsp3) is 0.0870. The molecule has 8 heteroatoms. The van der Waals surface area contributed by atoms with Gasteiger partial charge in [-0.3, -0.25) is 15.1 Å². The SMILES string of the molecule is COc1ccc(/C=C/c2csc(NC(=O)c3cccn3Cc3ccncc3)n2)cc1F. The molecule has 1 amide bonds. The van der Waals surface area contributed by atoms with E-state index in [4.69, 9.17) is 4.74 Å². The van der Waals surface area contributed by atoms with Crippen LogP contribution in [0.4, 0.5) is 9.52 Å². The summed E-state index contributed by atoms with van der Waals surface area (Å²) in [6, 6.07) is 12.1. The lowest BCUT2D eigenvalue weighted by molar-refractivity contribution is 0.101. The van der Waals surface area contributed by atoms with Crippen LogP contribution in [0.2, 0.25) is 0 Å². The first-order valence-corrected chi connectivity index (χ1v) is 10.3. The number of nitrogens with one attached hydrogen (secondary N) is 1. The highest BCUT2D eigenvalue weighted by atomic mass is 32.1. The molecule has 0 fully saturated rings. The molecule has 1 aromatic carbocycles. The van der Waals surface area contributed by atoms with Gasteiger partial charge in [-0.15, -0.1) is 11.3 Å². The Bertz CT molecular complexity index is 1220. The Morgan fingerprint density at radius 1 is 1.23 bits per heavy atom. The van der Waals surface area contributed by atoms with Gasteiger partial charge in [-0.2, -0.15) is 0 Å². The van der Waals surface area contributed by atoms with Crippen LogP contribution >= 0.6 is 11.3 Å². The van der Waals surface area contributed by atoms with E-state index in [0.717, 1.165) is 5.56 Å².